The molecule has 0 fully saturated rings. The van der Waals surface area contributed by atoms with Crippen LogP contribution in [0.2, 0.25) is 0 Å². The van der Waals surface area contributed by atoms with Crippen molar-refractivity contribution in [3.63, 3.8) is 0 Å². The number of H-pyrrole nitrogens is 1. The number of aromatic nitrogens is 3. The zero-order valence-electron chi connectivity index (χ0n) is 15.3. The van der Waals surface area contributed by atoms with Crippen LogP contribution in [0.15, 0.2) is 77.8 Å². The third kappa shape index (κ3) is 3.06. The minimum atomic E-state index is 0.849. The summed E-state index contributed by atoms with van der Waals surface area (Å²) in [5.74, 6) is 1.72. The highest BCUT2D eigenvalue weighted by Gasteiger charge is 2.09. The maximum Gasteiger partial charge on any atom is 0.138 e. The molecule has 0 spiro atoms. The molecular weight excluding hydrogens is 364 g/mol. The van der Waals surface area contributed by atoms with Gasteiger partial charge in [0.25, 0.3) is 0 Å². The van der Waals surface area contributed by atoms with E-state index in [-0.39, 0.29) is 0 Å². The number of thiophene rings is 1. The molecule has 0 saturated carbocycles. The van der Waals surface area contributed by atoms with E-state index in [4.69, 9.17) is 0 Å². The van der Waals surface area contributed by atoms with Crippen molar-refractivity contribution in [1.82, 2.24) is 15.0 Å². The number of imidazole rings is 1. The van der Waals surface area contributed by atoms with E-state index < -0.39 is 0 Å². The van der Waals surface area contributed by atoms with E-state index in [1.807, 2.05) is 31.5 Å². The number of hydrogen-bond acceptors (Lipinski definition) is 4. The molecule has 0 aliphatic heterocycles. The quantitative estimate of drug-likeness (QED) is 0.378. The van der Waals surface area contributed by atoms with E-state index in [0.29, 0.717) is 0 Å². The number of hydrogen-bond donors (Lipinski definition) is 2. The summed E-state index contributed by atoms with van der Waals surface area (Å²) in [6, 6.07) is 18.8. The maximum absolute atomic E-state index is 4.60. The molecule has 2 aromatic carbocycles. The fraction of sp³-hybridized carbons (Fsp3) is 0.0435. The second-order valence-corrected chi connectivity index (χ2v) is 7.45. The van der Waals surface area contributed by atoms with Crippen LogP contribution < -0.4 is 5.32 Å². The summed E-state index contributed by atoms with van der Waals surface area (Å²) in [5, 5.41) is 10.1. The SMILES string of the molecule is Cc1c[nH]c(-c2cccc(Nc3nccc4c(-c5ccsc5)cccc34)c2)n1. The van der Waals surface area contributed by atoms with E-state index in [1.165, 1.54) is 16.5 Å². The molecule has 0 radical (unpaired) electrons. The molecule has 4 nitrogen and oxygen atoms in total. The maximum atomic E-state index is 4.60. The summed E-state index contributed by atoms with van der Waals surface area (Å²) < 4.78 is 0. The van der Waals surface area contributed by atoms with Crippen molar-refractivity contribution in [3.05, 3.63) is 83.4 Å². The number of nitrogens with one attached hydrogen (secondary N) is 2. The van der Waals surface area contributed by atoms with Crippen molar-refractivity contribution in [2.45, 2.75) is 6.92 Å². The minimum absolute atomic E-state index is 0.849. The van der Waals surface area contributed by atoms with Gasteiger partial charge in [0.15, 0.2) is 0 Å². The van der Waals surface area contributed by atoms with Gasteiger partial charge in [0.05, 0.1) is 5.69 Å². The summed E-state index contributed by atoms with van der Waals surface area (Å²) in [7, 11) is 0. The molecule has 0 aliphatic rings. The van der Waals surface area contributed by atoms with Crippen LogP contribution in [0, 0.1) is 6.92 Å². The number of nitrogens with zero attached hydrogens (tertiary/aromatic N) is 2. The van der Waals surface area contributed by atoms with Crippen molar-refractivity contribution in [2.24, 2.45) is 0 Å². The number of pyridine rings is 1. The third-order valence-electron chi connectivity index (χ3n) is 4.74. The molecule has 5 aromatic rings. The number of aromatic amines is 1. The highest BCUT2D eigenvalue weighted by atomic mass is 32.1. The molecule has 136 valence electrons. The number of aryl methyl sites for hydroxylation is 1. The standard InChI is InChI=1S/C23H18N4S/c1-15-13-25-22(26-15)16-4-2-5-18(12-16)27-23-21-7-3-6-19(17-9-11-28-14-17)20(21)8-10-24-23/h2-14H,1H3,(H,24,27)(H,25,26). The summed E-state index contributed by atoms with van der Waals surface area (Å²) in [5.41, 5.74) is 5.46. The number of rotatable bonds is 4. The van der Waals surface area contributed by atoms with Gasteiger partial charge in [0.1, 0.15) is 11.6 Å². The lowest BCUT2D eigenvalue weighted by Crippen LogP contribution is -1.95. The molecule has 0 amide bonds. The summed E-state index contributed by atoms with van der Waals surface area (Å²) in [6.07, 6.45) is 3.77. The average molecular weight is 382 g/mol. The van der Waals surface area contributed by atoms with Gasteiger partial charge in [0.2, 0.25) is 0 Å². The molecule has 0 aliphatic carbocycles. The minimum Gasteiger partial charge on any atom is -0.344 e. The Morgan fingerprint density at radius 1 is 0.964 bits per heavy atom. The van der Waals surface area contributed by atoms with Crippen LogP contribution in [0.3, 0.4) is 0 Å². The van der Waals surface area contributed by atoms with Gasteiger partial charge in [-0.25, -0.2) is 9.97 Å². The van der Waals surface area contributed by atoms with Crippen LogP contribution in [0.5, 0.6) is 0 Å². The molecule has 3 aromatic heterocycles. The number of fused-ring (bicyclic) bond motifs is 1. The smallest absolute Gasteiger partial charge is 0.138 e. The Kier molecular flexibility index (Phi) is 4.14. The second-order valence-electron chi connectivity index (χ2n) is 6.67. The van der Waals surface area contributed by atoms with Crippen LogP contribution in [0.4, 0.5) is 11.5 Å². The molecule has 28 heavy (non-hydrogen) atoms. The topological polar surface area (TPSA) is 53.6 Å². The van der Waals surface area contributed by atoms with Gasteiger partial charge in [-0.1, -0.05) is 30.3 Å². The Labute approximate surface area is 166 Å². The van der Waals surface area contributed by atoms with E-state index >= 15 is 0 Å². The number of anilines is 2. The zero-order valence-corrected chi connectivity index (χ0v) is 16.1. The summed E-state index contributed by atoms with van der Waals surface area (Å²) >= 11 is 1.71. The first kappa shape index (κ1) is 16.7. The fourth-order valence-electron chi connectivity index (χ4n) is 3.42. The normalized spacial score (nSPS) is 11.0. The summed E-state index contributed by atoms with van der Waals surface area (Å²) in [6.45, 7) is 1.98. The molecule has 0 bridgehead atoms. The molecule has 0 unspecified atom stereocenters. The third-order valence-corrected chi connectivity index (χ3v) is 5.43. The van der Waals surface area contributed by atoms with Crippen LogP contribution in [0.1, 0.15) is 5.69 Å². The largest absolute Gasteiger partial charge is 0.344 e. The Hall–Kier alpha value is -3.44. The van der Waals surface area contributed by atoms with Crippen molar-refractivity contribution >= 4 is 33.6 Å². The first-order valence-corrected chi connectivity index (χ1v) is 10.0. The molecule has 0 saturated heterocycles. The Morgan fingerprint density at radius 2 is 1.89 bits per heavy atom. The monoisotopic (exact) mass is 382 g/mol. The van der Waals surface area contributed by atoms with E-state index in [2.05, 4.69) is 73.5 Å². The van der Waals surface area contributed by atoms with Crippen molar-refractivity contribution in [3.8, 4) is 22.5 Å². The zero-order chi connectivity index (χ0) is 18.9. The first-order chi connectivity index (χ1) is 13.8. The Balaban J connectivity index is 1.55. The average Bonchev–Trinajstić information content (AvgIpc) is 3.40. The van der Waals surface area contributed by atoms with E-state index in [1.54, 1.807) is 11.3 Å². The van der Waals surface area contributed by atoms with Crippen molar-refractivity contribution in [2.75, 3.05) is 5.32 Å². The van der Waals surface area contributed by atoms with Gasteiger partial charge in [-0.05, 0) is 58.5 Å². The predicted octanol–water partition coefficient (Wildman–Crippen LogP) is 6.41. The lowest BCUT2D eigenvalue weighted by atomic mass is 10.0. The van der Waals surface area contributed by atoms with Gasteiger partial charge in [0, 0.05) is 29.0 Å². The highest BCUT2D eigenvalue weighted by molar-refractivity contribution is 7.08. The van der Waals surface area contributed by atoms with Crippen LogP contribution in [-0.4, -0.2) is 15.0 Å². The lowest BCUT2D eigenvalue weighted by molar-refractivity contribution is 1.25. The number of benzene rings is 2. The van der Waals surface area contributed by atoms with Gasteiger partial charge in [-0.15, -0.1) is 0 Å². The van der Waals surface area contributed by atoms with Crippen LogP contribution in [-0.2, 0) is 0 Å². The molecule has 5 rings (SSSR count). The molecule has 3 heterocycles. The molecule has 0 atom stereocenters. The van der Waals surface area contributed by atoms with E-state index in [9.17, 15) is 0 Å². The van der Waals surface area contributed by atoms with Crippen LogP contribution in [0.25, 0.3) is 33.3 Å². The molecule has 2 N–H and O–H groups in total. The van der Waals surface area contributed by atoms with Gasteiger partial charge in [-0.3, -0.25) is 0 Å². The van der Waals surface area contributed by atoms with Gasteiger partial charge < -0.3 is 10.3 Å². The van der Waals surface area contributed by atoms with Crippen LogP contribution >= 0.6 is 11.3 Å². The first-order valence-electron chi connectivity index (χ1n) is 9.08. The van der Waals surface area contributed by atoms with Crippen molar-refractivity contribution in [1.29, 1.82) is 0 Å². The fourth-order valence-corrected chi connectivity index (χ4v) is 4.07. The van der Waals surface area contributed by atoms with Crippen molar-refractivity contribution < 1.29 is 0 Å². The second kappa shape index (κ2) is 6.94. The Bertz CT molecular complexity index is 1250. The van der Waals surface area contributed by atoms with Gasteiger partial charge >= 0.3 is 0 Å². The lowest BCUT2D eigenvalue weighted by Gasteiger charge is -2.12. The van der Waals surface area contributed by atoms with E-state index in [0.717, 1.165) is 34.0 Å². The van der Waals surface area contributed by atoms with Gasteiger partial charge in [-0.2, -0.15) is 11.3 Å². The predicted molar refractivity (Wildman–Crippen MR) is 117 cm³/mol. The molecular formula is C23H18N4S. The summed E-state index contributed by atoms with van der Waals surface area (Å²) in [4.78, 5) is 12.3. The molecule has 5 heteroatoms. The Morgan fingerprint density at radius 3 is 2.71 bits per heavy atom. The highest BCUT2D eigenvalue weighted by Crippen LogP contribution is 2.33.